The molecule has 0 bridgehead atoms. The molecule has 1 amide bonds. The fraction of sp³-hybridized carbons (Fsp3) is 0.381. The van der Waals surface area contributed by atoms with Crippen LogP contribution in [0.25, 0.3) is 0 Å². The molecule has 0 fully saturated rings. The molecule has 2 aromatic carbocycles. The van der Waals surface area contributed by atoms with Gasteiger partial charge in [0.1, 0.15) is 5.75 Å². The Bertz CT molecular complexity index is 701. The molecule has 0 aliphatic heterocycles. The molecule has 4 heteroatoms. The predicted octanol–water partition coefficient (Wildman–Crippen LogP) is 4.82. The van der Waals surface area contributed by atoms with Crippen LogP contribution in [0.15, 0.2) is 48.5 Å². The Kier molecular flexibility index (Phi) is 6.07. The molecule has 0 aliphatic rings. The van der Waals surface area contributed by atoms with Crippen molar-refractivity contribution in [3.63, 3.8) is 0 Å². The van der Waals surface area contributed by atoms with Crippen LogP contribution in [0.5, 0.6) is 5.75 Å². The zero-order valence-electron chi connectivity index (χ0n) is 15.7. The van der Waals surface area contributed by atoms with Crippen molar-refractivity contribution in [2.75, 3.05) is 17.2 Å². The Morgan fingerprint density at radius 1 is 1.04 bits per heavy atom. The molecular formula is C21H28N2O2. The Morgan fingerprint density at radius 2 is 1.68 bits per heavy atom. The molecule has 0 spiro atoms. The molecule has 0 atom stereocenters. The third-order valence-corrected chi connectivity index (χ3v) is 3.68. The van der Waals surface area contributed by atoms with E-state index in [0.717, 1.165) is 17.1 Å². The molecule has 0 saturated carbocycles. The lowest BCUT2D eigenvalue weighted by atomic mass is 9.86. The highest BCUT2D eigenvalue weighted by Crippen LogP contribution is 2.29. The molecule has 2 N–H and O–H groups in total. The molecule has 134 valence electrons. The van der Waals surface area contributed by atoms with E-state index < -0.39 is 0 Å². The standard InChI is InChI=1S/C21H28N2O2/c1-15(2)25-17-12-10-16(11-13-17)23-20(24)14-22-19-9-7-6-8-18(19)21(3,4)5/h6-13,15,22H,14H2,1-5H3,(H,23,24). The van der Waals surface area contributed by atoms with Crippen LogP contribution in [-0.2, 0) is 10.2 Å². The summed E-state index contributed by atoms with van der Waals surface area (Å²) in [6, 6.07) is 15.5. The van der Waals surface area contributed by atoms with Crippen LogP contribution in [0.1, 0.15) is 40.2 Å². The van der Waals surface area contributed by atoms with E-state index in [2.05, 4.69) is 37.5 Å². The Morgan fingerprint density at radius 3 is 2.28 bits per heavy atom. The summed E-state index contributed by atoms with van der Waals surface area (Å²) in [4.78, 5) is 12.2. The number of anilines is 2. The van der Waals surface area contributed by atoms with Crippen molar-refractivity contribution in [1.29, 1.82) is 0 Å². The van der Waals surface area contributed by atoms with Crippen LogP contribution in [0.3, 0.4) is 0 Å². The van der Waals surface area contributed by atoms with E-state index in [1.54, 1.807) is 0 Å². The van der Waals surface area contributed by atoms with Gasteiger partial charge in [-0.15, -0.1) is 0 Å². The maximum Gasteiger partial charge on any atom is 0.243 e. The second-order valence-electron chi connectivity index (χ2n) is 7.39. The van der Waals surface area contributed by atoms with Crippen LogP contribution >= 0.6 is 0 Å². The zero-order valence-corrected chi connectivity index (χ0v) is 15.7. The summed E-state index contributed by atoms with van der Waals surface area (Å²) in [6.07, 6.45) is 0.132. The highest BCUT2D eigenvalue weighted by Gasteiger charge is 2.17. The minimum Gasteiger partial charge on any atom is -0.491 e. The van der Waals surface area contributed by atoms with Gasteiger partial charge in [0, 0.05) is 11.4 Å². The fourth-order valence-electron chi connectivity index (χ4n) is 2.56. The van der Waals surface area contributed by atoms with Crippen molar-refractivity contribution in [3.8, 4) is 5.75 Å². The second-order valence-corrected chi connectivity index (χ2v) is 7.39. The van der Waals surface area contributed by atoms with Gasteiger partial charge in [-0.25, -0.2) is 0 Å². The first-order chi connectivity index (χ1) is 11.8. The lowest BCUT2D eigenvalue weighted by Crippen LogP contribution is -2.23. The smallest absolute Gasteiger partial charge is 0.243 e. The molecule has 0 radical (unpaired) electrons. The fourth-order valence-corrected chi connectivity index (χ4v) is 2.56. The van der Waals surface area contributed by atoms with Crippen molar-refractivity contribution >= 4 is 17.3 Å². The molecule has 2 rings (SSSR count). The molecule has 2 aromatic rings. The minimum atomic E-state index is -0.0822. The maximum atomic E-state index is 12.2. The number of ether oxygens (including phenoxy) is 1. The van der Waals surface area contributed by atoms with Gasteiger partial charge in [0.2, 0.25) is 5.91 Å². The number of amides is 1. The van der Waals surface area contributed by atoms with Crippen LogP contribution in [0, 0.1) is 0 Å². The molecule has 0 heterocycles. The quantitative estimate of drug-likeness (QED) is 0.792. The number of nitrogens with one attached hydrogen (secondary N) is 2. The van der Waals surface area contributed by atoms with E-state index in [1.807, 2.05) is 56.3 Å². The van der Waals surface area contributed by atoms with E-state index in [4.69, 9.17) is 4.74 Å². The number of hydrogen-bond acceptors (Lipinski definition) is 3. The Balaban J connectivity index is 1.93. The van der Waals surface area contributed by atoms with Gasteiger partial charge in [0.05, 0.1) is 12.6 Å². The summed E-state index contributed by atoms with van der Waals surface area (Å²) in [5.74, 6) is 0.714. The largest absolute Gasteiger partial charge is 0.491 e. The Labute approximate surface area is 150 Å². The first-order valence-electron chi connectivity index (χ1n) is 8.65. The normalized spacial score (nSPS) is 11.3. The van der Waals surface area contributed by atoms with Crippen molar-refractivity contribution in [3.05, 3.63) is 54.1 Å². The number of hydrogen-bond donors (Lipinski definition) is 2. The average molecular weight is 340 g/mol. The van der Waals surface area contributed by atoms with Crippen LogP contribution in [0.2, 0.25) is 0 Å². The number of carbonyl (C=O) groups is 1. The molecule has 4 nitrogen and oxygen atoms in total. The van der Waals surface area contributed by atoms with E-state index >= 15 is 0 Å². The lowest BCUT2D eigenvalue weighted by molar-refractivity contribution is -0.114. The van der Waals surface area contributed by atoms with E-state index in [0.29, 0.717) is 0 Å². The summed E-state index contributed by atoms with van der Waals surface area (Å²) in [5, 5.41) is 6.13. The summed E-state index contributed by atoms with van der Waals surface area (Å²) in [7, 11) is 0. The predicted molar refractivity (Wildman–Crippen MR) is 104 cm³/mol. The SMILES string of the molecule is CC(C)Oc1ccc(NC(=O)CNc2ccccc2C(C)(C)C)cc1. The summed E-state index contributed by atoms with van der Waals surface area (Å²) in [6.45, 7) is 10.7. The third kappa shape index (κ3) is 5.82. The molecule has 0 saturated heterocycles. The van der Waals surface area contributed by atoms with Crippen LogP contribution in [0.4, 0.5) is 11.4 Å². The first kappa shape index (κ1) is 18.8. The van der Waals surface area contributed by atoms with Gasteiger partial charge in [-0.1, -0.05) is 39.0 Å². The van der Waals surface area contributed by atoms with Crippen LogP contribution in [-0.4, -0.2) is 18.6 Å². The van der Waals surface area contributed by atoms with Crippen molar-refractivity contribution in [1.82, 2.24) is 0 Å². The number of rotatable bonds is 6. The summed E-state index contributed by atoms with van der Waals surface area (Å²) >= 11 is 0. The van der Waals surface area contributed by atoms with Gasteiger partial charge in [0.15, 0.2) is 0 Å². The van der Waals surface area contributed by atoms with E-state index in [1.165, 1.54) is 5.56 Å². The van der Waals surface area contributed by atoms with Crippen molar-refractivity contribution in [2.24, 2.45) is 0 Å². The summed E-state index contributed by atoms with van der Waals surface area (Å²) in [5.41, 5.74) is 2.96. The first-order valence-corrected chi connectivity index (χ1v) is 8.65. The van der Waals surface area contributed by atoms with Crippen molar-refractivity contribution < 1.29 is 9.53 Å². The average Bonchev–Trinajstić information content (AvgIpc) is 2.54. The van der Waals surface area contributed by atoms with Gasteiger partial charge in [-0.3, -0.25) is 4.79 Å². The highest BCUT2D eigenvalue weighted by molar-refractivity contribution is 5.93. The summed E-state index contributed by atoms with van der Waals surface area (Å²) < 4.78 is 5.60. The number of benzene rings is 2. The molecule has 0 aliphatic carbocycles. The zero-order chi connectivity index (χ0) is 18.4. The maximum absolute atomic E-state index is 12.2. The van der Waals surface area contributed by atoms with Crippen LogP contribution < -0.4 is 15.4 Å². The van der Waals surface area contributed by atoms with Gasteiger partial charge in [0.25, 0.3) is 0 Å². The molecule has 0 aromatic heterocycles. The second kappa shape index (κ2) is 8.06. The monoisotopic (exact) mass is 340 g/mol. The number of carbonyl (C=O) groups excluding carboxylic acids is 1. The van der Waals surface area contributed by atoms with Crippen molar-refractivity contribution in [2.45, 2.75) is 46.1 Å². The number of para-hydroxylation sites is 1. The van der Waals surface area contributed by atoms with Gasteiger partial charge in [-0.2, -0.15) is 0 Å². The van der Waals surface area contributed by atoms with Gasteiger partial charge >= 0.3 is 0 Å². The highest BCUT2D eigenvalue weighted by atomic mass is 16.5. The van der Waals surface area contributed by atoms with Gasteiger partial charge < -0.3 is 15.4 Å². The lowest BCUT2D eigenvalue weighted by Gasteiger charge is -2.23. The van der Waals surface area contributed by atoms with E-state index in [9.17, 15) is 4.79 Å². The van der Waals surface area contributed by atoms with E-state index in [-0.39, 0.29) is 24.0 Å². The molecule has 25 heavy (non-hydrogen) atoms. The molecule has 0 unspecified atom stereocenters. The van der Waals surface area contributed by atoms with Gasteiger partial charge in [-0.05, 0) is 55.2 Å². The minimum absolute atomic E-state index is 0.0202. The Hall–Kier alpha value is -2.49. The third-order valence-electron chi connectivity index (χ3n) is 3.68. The topological polar surface area (TPSA) is 50.4 Å². The molecular weight excluding hydrogens is 312 g/mol.